The molecule has 8 heteroatoms. The van der Waals surface area contributed by atoms with Crippen molar-refractivity contribution in [2.24, 2.45) is 5.84 Å². The van der Waals surface area contributed by atoms with Crippen molar-refractivity contribution < 1.29 is 0 Å². The van der Waals surface area contributed by atoms with Crippen LogP contribution in [-0.2, 0) is 6.54 Å². The van der Waals surface area contributed by atoms with Crippen LogP contribution in [0.25, 0.3) is 0 Å². The molecule has 3 N–H and O–H groups in total. The summed E-state index contributed by atoms with van der Waals surface area (Å²) < 4.78 is 1.70. The number of imidazole rings is 1. The fourth-order valence-electron chi connectivity index (χ4n) is 1.07. The van der Waals surface area contributed by atoms with Gasteiger partial charge in [0, 0.05) is 12.4 Å². The molecule has 0 bridgehead atoms. The van der Waals surface area contributed by atoms with Gasteiger partial charge in [0.1, 0.15) is 11.1 Å². The second kappa shape index (κ2) is 4.04. The molecule has 76 valence electrons. The number of nitrogens with one attached hydrogen (secondary N) is 1. The second-order valence-corrected chi connectivity index (χ2v) is 3.70. The first-order chi connectivity index (χ1) is 7.33. The molecule has 2 aromatic rings. The average molecular weight is 221 g/mol. The van der Waals surface area contributed by atoms with Crippen molar-refractivity contribution in [3.63, 3.8) is 0 Å². The van der Waals surface area contributed by atoms with Crippen LogP contribution in [-0.4, -0.2) is 19.7 Å². The predicted octanol–water partition coefficient (Wildman–Crippen LogP) is -0.0598. The molecule has 0 aliphatic heterocycles. The van der Waals surface area contributed by atoms with Crippen molar-refractivity contribution in [1.82, 2.24) is 19.7 Å². The lowest BCUT2D eigenvalue weighted by Gasteiger charge is -1.97. The Hall–Kier alpha value is -1.98. The van der Waals surface area contributed by atoms with Crippen LogP contribution in [0, 0.1) is 11.3 Å². The van der Waals surface area contributed by atoms with Crippen molar-refractivity contribution in [3.05, 3.63) is 23.2 Å². The van der Waals surface area contributed by atoms with E-state index < -0.39 is 0 Å². The minimum absolute atomic E-state index is 0.354. The van der Waals surface area contributed by atoms with Crippen molar-refractivity contribution in [1.29, 1.82) is 5.26 Å². The zero-order valence-corrected chi connectivity index (χ0v) is 8.40. The van der Waals surface area contributed by atoms with Gasteiger partial charge in [-0.2, -0.15) is 5.26 Å². The van der Waals surface area contributed by atoms with Gasteiger partial charge in [-0.15, -0.1) is 10.2 Å². The van der Waals surface area contributed by atoms with Crippen LogP contribution in [0.3, 0.4) is 0 Å². The molecular formula is C7H7N7S. The third-order valence-electron chi connectivity index (χ3n) is 1.71. The minimum atomic E-state index is 0.354. The number of aromatic nitrogens is 4. The fourth-order valence-corrected chi connectivity index (χ4v) is 1.72. The maximum Gasteiger partial charge on any atom is 0.219 e. The topological polar surface area (TPSA) is 105 Å². The van der Waals surface area contributed by atoms with Gasteiger partial charge in [0.05, 0.1) is 6.54 Å². The van der Waals surface area contributed by atoms with E-state index in [9.17, 15) is 0 Å². The van der Waals surface area contributed by atoms with Gasteiger partial charge in [-0.25, -0.2) is 10.8 Å². The second-order valence-electron chi connectivity index (χ2n) is 2.64. The number of hydrogen-bond acceptors (Lipinski definition) is 7. The summed E-state index contributed by atoms with van der Waals surface area (Å²) in [6, 6.07) is 1.98. The van der Waals surface area contributed by atoms with Gasteiger partial charge in [0.2, 0.25) is 11.0 Å². The van der Waals surface area contributed by atoms with Crippen molar-refractivity contribution in [2.45, 2.75) is 6.54 Å². The summed E-state index contributed by atoms with van der Waals surface area (Å²) in [4.78, 5) is 3.88. The summed E-state index contributed by atoms with van der Waals surface area (Å²) in [7, 11) is 0. The first-order valence-electron chi connectivity index (χ1n) is 4.03. The molecule has 0 unspecified atom stereocenters. The molecule has 0 aliphatic rings. The predicted molar refractivity (Wildman–Crippen MR) is 53.8 cm³/mol. The molecule has 0 saturated carbocycles. The molecule has 0 atom stereocenters. The van der Waals surface area contributed by atoms with Crippen LogP contribution >= 0.6 is 11.3 Å². The summed E-state index contributed by atoms with van der Waals surface area (Å²) in [6.45, 7) is 0.474. The quantitative estimate of drug-likeness (QED) is 0.555. The number of nitrogens with two attached hydrogens (primary N) is 1. The van der Waals surface area contributed by atoms with E-state index in [1.807, 2.05) is 6.07 Å². The van der Waals surface area contributed by atoms with E-state index >= 15 is 0 Å². The Morgan fingerprint density at radius 1 is 1.60 bits per heavy atom. The molecule has 0 saturated heterocycles. The highest BCUT2D eigenvalue weighted by Gasteiger charge is 2.06. The zero-order chi connectivity index (χ0) is 10.7. The molecule has 0 aromatic carbocycles. The van der Waals surface area contributed by atoms with E-state index in [-0.39, 0.29) is 0 Å². The number of nitrogen functional groups attached to an aromatic ring is 1. The van der Waals surface area contributed by atoms with Crippen LogP contribution in [0.5, 0.6) is 0 Å². The molecule has 0 spiro atoms. The number of nitrogens with zero attached hydrogens (tertiary/aromatic N) is 5. The molecule has 15 heavy (non-hydrogen) atoms. The van der Waals surface area contributed by atoms with Crippen LogP contribution in [0.15, 0.2) is 12.4 Å². The Morgan fingerprint density at radius 2 is 2.47 bits per heavy atom. The average Bonchev–Trinajstić information content (AvgIpc) is 2.87. The number of anilines is 1. The summed E-state index contributed by atoms with van der Waals surface area (Å²) >= 11 is 1.33. The summed E-state index contributed by atoms with van der Waals surface area (Å²) in [6.07, 6.45) is 3.29. The van der Waals surface area contributed by atoms with Gasteiger partial charge in [0.25, 0.3) is 0 Å². The van der Waals surface area contributed by atoms with Gasteiger partial charge >= 0.3 is 0 Å². The first kappa shape index (κ1) is 9.57. The Kier molecular flexibility index (Phi) is 2.57. The van der Waals surface area contributed by atoms with E-state index in [0.717, 1.165) is 5.01 Å². The smallest absolute Gasteiger partial charge is 0.219 e. The largest absolute Gasteiger partial charge is 0.316 e. The maximum absolute atomic E-state index is 8.74. The van der Waals surface area contributed by atoms with Crippen molar-refractivity contribution in [2.75, 3.05) is 5.43 Å². The van der Waals surface area contributed by atoms with Gasteiger partial charge in [-0.1, -0.05) is 11.3 Å². The van der Waals surface area contributed by atoms with Gasteiger partial charge in [-0.05, 0) is 0 Å². The molecule has 0 aliphatic carbocycles. The fraction of sp³-hybridized carbons (Fsp3) is 0.143. The van der Waals surface area contributed by atoms with Crippen molar-refractivity contribution >= 4 is 16.5 Å². The summed E-state index contributed by atoms with van der Waals surface area (Å²) in [5, 5.41) is 17.7. The van der Waals surface area contributed by atoms with Crippen LogP contribution in [0.2, 0.25) is 0 Å². The Bertz CT molecular complexity index is 493. The lowest BCUT2D eigenvalue weighted by atomic mass is 10.6. The Morgan fingerprint density at radius 3 is 3.13 bits per heavy atom. The summed E-state index contributed by atoms with van der Waals surface area (Å²) in [5.41, 5.74) is 2.41. The lowest BCUT2D eigenvalue weighted by molar-refractivity contribution is 0.764. The minimum Gasteiger partial charge on any atom is -0.316 e. The van der Waals surface area contributed by atoms with E-state index in [1.165, 1.54) is 11.3 Å². The molecular weight excluding hydrogens is 214 g/mol. The van der Waals surface area contributed by atoms with E-state index in [2.05, 4.69) is 20.6 Å². The number of hydrazine groups is 1. The number of hydrogen-bond donors (Lipinski definition) is 2. The van der Waals surface area contributed by atoms with Crippen LogP contribution < -0.4 is 11.3 Å². The Labute approximate surface area is 89.2 Å². The Balaban J connectivity index is 2.19. The monoisotopic (exact) mass is 221 g/mol. The molecule has 2 rings (SSSR count). The maximum atomic E-state index is 8.74. The third kappa shape index (κ3) is 1.93. The van der Waals surface area contributed by atoms with Crippen LogP contribution in [0.1, 0.15) is 10.8 Å². The first-order valence-corrected chi connectivity index (χ1v) is 4.85. The van der Waals surface area contributed by atoms with E-state index in [0.29, 0.717) is 17.5 Å². The highest BCUT2D eigenvalue weighted by molar-refractivity contribution is 7.15. The van der Waals surface area contributed by atoms with Crippen molar-refractivity contribution in [3.8, 4) is 6.07 Å². The van der Waals surface area contributed by atoms with Crippen LogP contribution in [0.4, 0.5) is 5.13 Å². The zero-order valence-electron chi connectivity index (χ0n) is 7.58. The normalized spacial score (nSPS) is 9.87. The highest BCUT2D eigenvalue weighted by atomic mass is 32.1. The van der Waals surface area contributed by atoms with Gasteiger partial charge in [-0.3, -0.25) is 5.43 Å². The molecule has 0 amide bonds. The molecule has 7 nitrogen and oxygen atoms in total. The summed E-state index contributed by atoms with van der Waals surface area (Å²) in [5.74, 6) is 5.53. The molecule has 0 radical (unpaired) electrons. The lowest BCUT2D eigenvalue weighted by Crippen LogP contribution is -2.05. The third-order valence-corrected chi connectivity index (χ3v) is 2.55. The molecule has 2 aromatic heterocycles. The highest BCUT2D eigenvalue weighted by Crippen LogP contribution is 2.15. The van der Waals surface area contributed by atoms with E-state index in [1.54, 1.807) is 17.0 Å². The number of nitriles is 1. The number of rotatable bonds is 3. The van der Waals surface area contributed by atoms with Gasteiger partial charge < -0.3 is 4.57 Å². The van der Waals surface area contributed by atoms with E-state index in [4.69, 9.17) is 11.1 Å². The molecule has 2 heterocycles. The SMILES string of the molecule is N#Cc1nccn1Cc1nnc(NN)s1. The molecule has 0 fully saturated rings. The standard InChI is InChI=1S/C7H7N7S/c8-3-5-10-1-2-14(5)4-6-12-13-7(11-9)15-6/h1-2H,4,9H2,(H,11,13). The van der Waals surface area contributed by atoms with Gasteiger partial charge in [0.15, 0.2) is 0 Å².